The predicted molar refractivity (Wildman–Crippen MR) is 132 cm³/mol. The van der Waals surface area contributed by atoms with Crippen LogP contribution in [0.3, 0.4) is 0 Å². The number of hydrogen-bond acceptors (Lipinski definition) is 7. The van der Waals surface area contributed by atoms with E-state index in [1.54, 1.807) is 0 Å². The summed E-state index contributed by atoms with van der Waals surface area (Å²) in [5.74, 6) is -5.35. The lowest BCUT2D eigenvalue weighted by Crippen LogP contribution is -2.61. The summed E-state index contributed by atoms with van der Waals surface area (Å²) in [6, 6.07) is 0.414. The third kappa shape index (κ3) is 13.5. The first-order valence-corrected chi connectivity index (χ1v) is 22.7. The fourth-order valence-corrected chi connectivity index (χ4v) is 7.12. The van der Waals surface area contributed by atoms with Crippen molar-refractivity contribution >= 4 is 47.1 Å². The zero-order chi connectivity index (χ0) is 29.0. The van der Waals surface area contributed by atoms with Gasteiger partial charge >= 0.3 is 30.3 Å². The molecule has 0 aliphatic heterocycles. The average Bonchev–Trinajstić information content (AvgIpc) is 2.56. The quantitative estimate of drug-likeness (QED) is 0.107. The Kier molecular flexibility index (Phi) is 11.9. The summed E-state index contributed by atoms with van der Waals surface area (Å²) in [5, 5.41) is 0. The van der Waals surface area contributed by atoms with E-state index in [1.165, 1.54) is 0 Å². The van der Waals surface area contributed by atoms with E-state index in [1.807, 2.05) is 58.9 Å². The van der Waals surface area contributed by atoms with Crippen LogP contribution in [0.2, 0.25) is 65.0 Å². The zero-order valence-corrected chi connectivity index (χ0v) is 27.1. The Bertz CT molecular complexity index is 754. The maximum absolute atomic E-state index is 12.7. The molecule has 0 aromatic carbocycles. The third-order valence-electron chi connectivity index (χ3n) is 3.58. The summed E-state index contributed by atoms with van der Waals surface area (Å²) in [6.45, 7) is 16.6. The highest BCUT2D eigenvalue weighted by Crippen LogP contribution is 2.36. The Morgan fingerprint density at radius 1 is 0.750 bits per heavy atom. The monoisotopic (exact) mass is 602 g/mol. The molecule has 0 saturated heterocycles. The fraction of sp³-hybridized carbons (Fsp3) is 0.789. The van der Waals surface area contributed by atoms with Gasteiger partial charge < -0.3 is 22.8 Å². The summed E-state index contributed by atoms with van der Waals surface area (Å²) in [6.07, 6.45) is -16.5. The Morgan fingerprint density at radius 3 is 1.44 bits per heavy atom. The fourth-order valence-electron chi connectivity index (χ4n) is 2.73. The topological polar surface area (TPSA) is 80.3 Å². The molecule has 0 aromatic rings. The number of hydrogen-bond donors (Lipinski definition) is 0. The van der Waals surface area contributed by atoms with Crippen molar-refractivity contribution in [3.05, 3.63) is 12.2 Å². The van der Waals surface area contributed by atoms with Gasteiger partial charge in [0.05, 0.1) is 0 Å². The molecule has 0 fully saturated rings. The lowest BCUT2D eigenvalue weighted by molar-refractivity contribution is -0.326. The van der Waals surface area contributed by atoms with Gasteiger partial charge in [-0.15, -0.1) is 0 Å². The summed E-state index contributed by atoms with van der Waals surface area (Å²) in [7, 11) is -6.69. The molecule has 0 amide bonds. The molecule has 1 unspecified atom stereocenters. The van der Waals surface area contributed by atoms with Crippen LogP contribution in [0.1, 0.15) is 0 Å². The summed E-state index contributed by atoms with van der Waals surface area (Å²) in [5.41, 5.74) is 0. The highest BCUT2D eigenvalue weighted by Gasteiger charge is 2.59. The average molecular weight is 603 g/mol. The molecule has 7 nitrogen and oxygen atoms in total. The Morgan fingerprint density at radius 2 is 1.14 bits per heavy atom. The van der Waals surface area contributed by atoms with E-state index in [0.29, 0.717) is 22.4 Å². The second-order valence-corrected chi connectivity index (χ2v) is 24.9. The smallest absolute Gasteiger partial charge is 0.434 e. The number of carbonyl (C=O) groups is 2. The van der Waals surface area contributed by atoms with Crippen LogP contribution >= 0.6 is 0 Å². The normalized spacial score (nSPS) is 15.4. The number of esters is 2. The first kappa shape index (κ1) is 35.0. The zero-order valence-electron chi connectivity index (χ0n) is 22.1. The van der Waals surface area contributed by atoms with Gasteiger partial charge in [-0.3, -0.25) is 0 Å². The molecule has 0 bridgehead atoms. The summed E-state index contributed by atoms with van der Waals surface area (Å²) in [4.78, 5) is 24.4. The molecular weight excluding hydrogens is 567 g/mol. The minimum atomic E-state index is -5.89. The van der Waals surface area contributed by atoms with Crippen LogP contribution in [0.4, 0.5) is 26.3 Å². The largest absolute Gasteiger partial charge is 0.440 e. The second kappa shape index (κ2) is 12.2. The minimum absolute atomic E-state index is 0.121. The molecule has 0 heterocycles. The van der Waals surface area contributed by atoms with Gasteiger partial charge in [-0.2, -0.15) is 26.3 Å². The number of alkyl halides is 6. The van der Waals surface area contributed by atoms with E-state index in [0.717, 1.165) is 0 Å². The van der Waals surface area contributed by atoms with E-state index < -0.39 is 67.4 Å². The van der Waals surface area contributed by atoms with Crippen LogP contribution in [-0.4, -0.2) is 77.7 Å². The number of rotatable bonds is 12. The van der Waals surface area contributed by atoms with Crippen molar-refractivity contribution in [3.63, 3.8) is 0 Å². The van der Waals surface area contributed by atoms with Crippen LogP contribution in [0.15, 0.2) is 12.2 Å². The highest BCUT2D eigenvalue weighted by molar-refractivity contribution is 6.71. The molecule has 0 aliphatic carbocycles. The van der Waals surface area contributed by atoms with E-state index in [9.17, 15) is 35.9 Å². The Balaban J connectivity index is 6.19. The van der Waals surface area contributed by atoms with Gasteiger partial charge in [0.15, 0.2) is 25.0 Å². The van der Waals surface area contributed by atoms with Gasteiger partial charge in [0, 0.05) is 22.4 Å². The minimum Gasteiger partial charge on any atom is -0.440 e. The van der Waals surface area contributed by atoms with Gasteiger partial charge in [0.25, 0.3) is 6.10 Å². The first-order chi connectivity index (χ1) is 15.7. The van der Waals surface area contributed by atoms with Crippen molar-refractivity contribution in [2.45, 2.75) is 95.5 Å². The molecule has 0 saturated carbocycles. The summed E-state index contributed by atoms with van der Waals surface area (Å²) >= 11 is 0. The first-order valence-electron chi connectivity index (χ1n) is 11.0. The Labute approximate surface area is 213 Å². The standard InChI is InChI=1S/C19H36F6O7Si4/c1-34(2,3)30-13(12-33)19(31-35(4,5)6,32-36(7,8)9)29-15(27)11-10-14(26)28-16(17(20,21)22)18(23,24)25/h10-11,13,16H,12H2,1-9,33H3. The van der Waals surface area contributed by atoms with Crippen molar-refractivity contribution in [1.82, 2.24) is 0 Å². The third-order valence-corrected chi connectivity index (χ3v) is 7.11. The molecule has 0 radical (unpaired) electrons. The SMILES string of the molecule is C[Si](C)(C)OC(C[SiH3])C(OC(=O)C=CC(=O)OC(C(F)(F)F)C(F)(F)F)(O[Si](C)(C)C)O[Si](C)(C)C. The van der Waals surface area contributed by atoms with Crippen LogP contribution < -0.4 is 0 Å². The molecule has 0 spiro atoms. The lowest BCUT2D eigenvalue weighted by Gasteiger charge is -2.46. The predicted octanol–water partition coefficient (Wildman–Crippen LogP) is 4.48. The van der Waals surface area contributed by atoms with Crippen molar-refractivity contribution in [1.29, 1.82) is 0 Å². The van der Waals surface area contributed by atoms with Crippen molar-refractivity contribution in [2.24, 2.45) is 0 Å². The molecule has 0 N–H and O–H groups in total. The second-order valence-electron chi connectivity index (χ2n) is 10.8. The van der Waals surface area contributed by atoms with Crippen LogP contribution in [0.5, 0.6) is 0 Å². The molecular formula is C19H36F6O7Si4. The van der Waals surface area contributed by atoms with Gasteiger partial charge in [0.1, 0.15) is 6.10 Å². The molecule has 0 aliphatic rings. The number of carbonyl (C=O) groups excluding carboxylic acids is 2. The number of ether oxygens (including phenoxy) is 2. The molecule has 17 heteroatoms. The molecule has 0 rings (SSSR count). The van der Waals surface area contributed by atoms with Crippen molar-refractivity contribution < 1.29 is 58.7 Å². The molecule has 0 aromatic heterocycles. The van der Waals surface area contributed by atoms with E-state index in [2.05, 4.69) is 4.74 Å². The molecule has 212 valence electrons. The molecule has 36 heavy (non-hydrogen) atoms. The molecule has 1 atom stereocenters. The Hall–Kier alpha value is -0.992. The highest BCUT2D eigenvalue weighted by atomic mass is 28.4. The van der Waals surface area contributed by atoms with Crippen molar-refractivity contribution in [2.75, 3.05) is 0 Å². The van der Waals surface area contributed by atoms with Gasteiger partial charge in [-0.25, -0.2) is 9.59 Å². The van der Waals surface area contributed by atoms with E-state index in [-0.39, 0.29) is 6.08 Å². The van der Waals surface area contributed by atoms with Gasteiger partial charge in [-0.1, -0.05) is 0 Å². The van der Waals surface area contributed by atoms with Crippen LogP contribution in [0.25, 0.3) is 0 Å². The van der Waals surface area contributed by atoms with E-state index >= 15 is 0 Å². The van der Waals surface area contributed by atoms with E-state index in [4.69, 9.17) is 18.0 Å². The maximum atomic E-state index is 12.7. The van der Waals surface area contributed by atoms with Gasteiger partial charge in [-0.05, 0) is 65.0 Å². The number of halogens is 6. The lowest BCUT2D eigenvalue weighted by atomic mass is 10.3. The van der Waals surface area contributed by atoms with Crippen LogP contribution in [-0.2, 0) is 32.3 Å². The maximum Gasteiger partial charge on any atom is 0.434 e. The van der Waals surface area contributed by atoms with Gasteiger partial charge in [0.2, 0.25) is 0 Å². The van der Waals surface area contributed by atoms with Crippen LogP contribution in [0, 0.1) is 0 Å². The summed E-state index contributed by atoms with van der Waals surface area (Å²) < 4.78 is 103. The van der Waals surface area contributed by atoms with Crippen molar-refractivity contribution in [3.8, 4) is 0 Å².